The van der Waals surface area contributed by atoms with Crippen LogP contribution in [0.15, 0.2) is 60.7 Å². The second-order valence-corrected chi connectivity index (χ2v) is 6.22. The van der Waals surface area contributed by atoms with E-state index in [2.05, 4.69) is 4.89 Å². The van der Waals surface area contributed by atoms with Crippen LogP contribution in [0.25, 0.3) is 0 Å². The molecule has 5 heteroatoms. The van der Waals surface area contributed by atoms with Crippen LogP contribution in [-0.4, -0.2) is 14.2 Å². The number of nitrogens with one attached hydrogen (secondary N) is 1. The molecule has 0 aliphatic carbocycles. The lowest BCUT2D eigenvalue weighted by atomic mass is 10.2. The summed E-state index contributed by atoms with van der Waals surface area (Å²) in [5.41, 5.74) is 1.90. The van der Waals surface area contributed by atoms with Crippen LogP contribution < -0.4 is 4.89 Å². The fourth-order valence-electron chi connectivity index (χ4n) is 1.72. The first-order chi connectivity index (χ1) is 9.66. The second kappa shape index (κ2) is 7.19. The molecule has 0 saturated heterocycles. The average molecular weight is 291 g/mol. The molecule has 2 aromatic rings. The number of hydrogen-bond donors (Lipinski definition) is 1. The molecule has 0 unspecified atom stereocenters. The Morgan fingerprint density at radius 2 is 1.40 bits per heavy atom. The van der Waals surface area contributed by atoms with Gasteiger partial charge >= 0.3 is 0 Å². The molecule has 0 spiro atoms. The summed E-state index contributed by atoms with van der Waals surface area (Å²) in [6, 6.07) is 18.9. The molecule has 0 radical (unpaired) electrons. The van der Waals surface area contributed by atoms with Crippen molar-refractivity contribution in [1.82, 2.24) is 4.89 Å². The molecular weight excluding hydrogens is 274 g/mol. The van der Waals surface area contributed by atoms with Gasteiger partial charge in [-0.15, -0.1) is 0 Å². The van der Waals surface area contributed by atoms with Crippen molar-refractivity contribution in [2.75, 3.05) is 5.75 Å². The minimum Gasteiger partial charge on any atom is -0.282 e. The molecule has 2 rings (SSSR count). The highest BCUT2D eigenvalue weighted by Gasteiger charge is 2.10. The zero-order valence-corrected chi connectivity index (χ0v) is 11.8. The highest BCUT2D eigenvalue weighted by atomic mass is 32.2. The van der Waals surface area contributed by atoms with Crippen molar-refractivity contribution in [3.8, 4) is 0 Å². The van der Waals surface area contributed by atoms with Gasteiger partial charge < -0.3 is 0 Å². The fourth-order valence-corrected chi connectivity index (χ4v) is 2.54. The van der Waals surface area contributed by atoms with Crippen LogP contribution in [0, 0.1) is 0 Å². The molecule has 20 heavy (non-hydrogen) atoms. The van der Waals surface area contributed by atoms with Crippen molar-refractivity contribution < 1.29 is 13.3 Å². The maximum Gasteiger partial charge on any atom is 0.233 e. The van der Waals surface area contributed by atoms with Crippen LogP contribution in [-0.2, 0) is 27.9 Å². The predicted molar refractivity (Wildman–Crippen MR) is 78.3 cm³/mol. The lowest BCUT2D eigenvalue weighted by molar-refractivity contribution is 0.0796. The standard InChI is InChI=1S/C15H17NO3S/c17-20(18,12-11-14-7-3-1-4-8-14)16-19-13-15-9-5-2-6-10-15/h1-10,16H,11-13H2. The van der Waals surface area contributed by atoms with Gasteiger partial charge in [0.05, 0.1) is 12.4 Å². The van der Waals surface area contributed by atoms with Crippen molar-refractivity contribution >= 4 is 10.0 Å². The molecule has 0 saturated carbocycles. The van der Waals surface area contributed by atoms with Gasteiger partial charge in [0.1, 0.15) is 0 Å². The topological polar surface area (TPSA) is 55.4 Å². The molecule has 0 fully saturated rings. The summed E-state index contributed by atoms with van der Waals surface area (Å²) in [6.07, 6.45) is 0.463. The zero-order valence-electron chi connectivity index (χ0n) is 11.0. The Bertz CT molecular complexity index is 612. The minimum absolute atomic E-state index is 0.00576. The van der Waals surface area contributed by atoms with Crippen molar-refractivity contribution in [3.05, 3.63) is 71.8 Å². The SMILES string of the molecule is O=S(=O)(CCc1ccccc1)NOCc1ccccc1. The molecule has 1 N–H and O–H groups in total. The summed E-state index contributed by atoms with van der Waals surface area (Å²) >= 11 is 0. The molecule has 4 nitrogen and oxygen atoms in total. The van der Waals surface area contributed by atoms with E-state index in [-0.39, 0.29) is 12.4 Å². The zero-order chi connectivity index (χ0) is 14.3. The molecule has 0 heterocycles. The van der Waals surface area contributed by atoms with Crippen LogP contribution >= 0.6 is 0 Å². The summed E-state index contributed by atoms with van der Waals surface area (Å²) in [4.78, 5) is 7.18. The second-order valence-electron chi connectivity index (χ2n) is 4.41. The van der Waals surface area contributed by atoms with Crippen molar-refractivity contribution in [3.63, 3.8) is 0 Å². The van der Waals surface area contributed by atoms with E-state index in [9.17, 15) is 8.42 Å². The molecular formula is C15H17NO3S. The molecule has 0 atom stereocenters. The third-order valence-corrected chi connectivity index (χ3v) is 3.88. The maximum absolute atomic E-state index is 11.8. The van der Waals surface area contributed by atoms with Crippen LogP contribution in [0.3, 0.4) is 0 Å². The molecule has 0 amide bonds. The first kappa shape index (κ1) is 14.7. The van der Waals surface area contributed by atoms with Crippen molar-refractivity contribution in [2.24, 2.45) is 0 Å². The Morgan fingerprint density at radius 1 is 0.850 bits per heavy atom. The predicted octanol–water partition coefficient (Wildman–Crippen LogP) is 2.28. The van der Waals surface area contributed by atoms with Gasteiger partial charge in [0.2, 0.25) is 10.0 Å². The first-order valence-electron chi connectivity index (χ1n) is 6.35. The summed E-state index contributed by atoms with van der Waals surface area (Å²) in [5.74, 6) is 0.00576. The Labute approximate surface area is 119 Å². The molecule has 0 aromatic heterocycles. The lowest BCUT2D eigenvalue weighted by Crippen LogP contribution is -2.27. The average Bonchev–Trinajstić information content (AvgIpc) is 2.47. The Balaban J connectivity index is 1.77. The van der Waals surface area contributed by atoms with Gasteiger partial charge in [-0.25, -0.2) is 8.42 Å². The number of hydrogen-bond acceptors (Lipinski definition) is 3. The third-order valence-electron chi connectivity index (χ3n) is 2.77. The summed E-state index contributed by atoms with van der Waals surface area (Å²) in [7, 11) is -3.42. The number of sulfonamides is 1. The van der Waals surface area contributed by atoms with E-state index < -0.39 is 10.0 Å². The maximum atomic E-state index is 11.8. The quantitative estimate of drug-likeness (QED) is 0.796. The van der Waals surface area contributed by atoms with E-state index in [1.165, 1.54) is 0 Å². The van der Waals surface area contributed by atoms with Crippen LogP contribution in [0.1, 0.15) is 11.1 Å². The van der Waals surface area contributed by atoms with Crippen molar-refractivity contribution in [1.29, 1.82) is 0 Å². The van der Waals surface area contributed by atoms with Gasteiger partial charge in [-0.05, 0) is 17.5 Å². The number of rotatable bonds is 7. The molecule has 0 aliphatic heterocycles. The molecule has 0 aliphatic rings. The van der Waals surface area contributed by atoms with Gasteiger partial charge in [-0.2, -0.15) is 0 Å². The van der Waals surface area contributed by atoms with Crippen LogP contribution in [0.4, 0.5) is 0 Å². The van der Waals surface area contributed by atoms with Crippen molar-refractivity contribution in [2.45, 2.75) is 13.0 Å². The van der Waals surface area contributed by atoms with Gasteiger partial charge in [0, 0.05) is 0 Å². The number of benzene rings is 2. The molecule has 2 aromatic carbocycles. The normalized spacial score (nSPS) is 11.4. The highest BCUT2D eigenvalue weighted by molar-refractivity contribution is 7.89. The van der Waals surface area contributed by atoms with E-state index in [4.69, 9.17) is 4.84 Å². The van der Waals surface area contributed by atoms with Crippen LogP contribution in [0.2, 0.25) is 0 Å². The molecule has 0 bridgehead atoms. The fraction of sp³-hybridized carbons (Fsp3) is 0.200. The highest BCUT2D eigenvalue weighted by Crippen LogP contribution is 2.03. The van der Waals surface area contributed by atoms with Gasteiger partial charge in [-0.3, -0.25) is 4.84 Å². The van der Waals surface area contributed by atoms with Crippen LogP contribution in [0.5, 0.6) is 0 Å². The third kappa shape index (κ3) is 5.13. The Kier molecular flexibility index (Phi) is 5.29. The van der Waals surface area contributed by atoms with Gasteiger partial charge in [-0.1, -0.05) is 65.5 Å². The van der Waals surface area contributed by atoms with E-state index in [1.54, 1.807) is 0 Å². The summed E-state index contributed by atoms with van der Waals surface area (Å²) in [6.45, 7) is 0.214. The monoisotopic (exact) mass is 291 g/mol. The smallest absolute Gasteiger partial charge is 0.233 e. The van der Waals surface area contributed by atoms with Gasteiger partial charge in [0.25, 0.3) is 0 Å². The van der Waals surface area contributed by atoms with E-state index in [0.717, 1.165) is 11.1 Å². The minimum atomic E-state index is -3.42. The van der Waals surface area contributed by atoms with E-state index in [1.807, 2.05) is 60.7 Å². The Hall–Kier alpha value is -1.69. The van der Waals surface area contributed by atoms with Gasteiger partial charge in [0.15, 0.2) is 0 Å². The largest absolute Gasteiger partial charge is 0.282 e. The Morgan fingerprint density at radius 3 is 2.00 bits per heavy atom. The molecule has 106 valence electrons. The number of aryl methyl sites for hydroxylation is 1. The summed E-state index contributed by atoms with van der Waals surface area (Å²) in [5, 5.41) is 0. The lowest BCUT2D eigenvalue weighted by Gasteiger charge is -2.07. The van der Waals surface area contributed by atoms with E-state index in [0.29, 0.717) is 6.42 Å². The van der Waals surface area contributed by atoms with E-state index >= 15 is 0 Å². The first-order valence-corrected chi connectivity index (χ1v) is 8.00. The summed E-state index contributed by atoms with van der Waals surface area (Å²) < 4.78 is 23.5.